The van der Waals surface area contributed by atoms with Crippen LogP contribution >= 0.6 is 0 Å². The summed E-state index contributed by atoms with van der Waals surface area (Å²) in [6.07, 6.45) is 0. The third kappa shape index (κ3) is 3.00. The van der Waals surface area contributed by atoms with Crippen LogP contribution in [0, 0.1) is 0 Å². The van der Waals surface area contributed by atoms with E-state index in [0.717, 1.165) is 0 Å². The molecule has 3 N–H and O–H groups in total. The summed E-state index contributed by atoms with van der Waals surface area (Å²) in [7, 11) is 1.91. The molecule has 0 amide bonds. The number of fused-ring (bicyclic) bond motifs is 1. The topological polar surface area (TPSA) is 75.5 Å². The quantitative estimate of drug-likeness (QED) is 0.805. The van der Waals surface area contributed by atoms with Crippen molar-refractivity contribution < 1.29 is 9.52 Å². The predicted octanol–water partition coefficient (Wildman–Crippen LogP) is 1.61. The fraction of sp³-hybridized carbons (Fsp3) is 0.462. The van der Waals surface area contributed by atoms with Crippen LogP contribution in [0.25, 0.3) is 11.1 Å². The van der Waals surface area contributed by atoms with Gasteiger partial charge in [-0.25, -0.2) is 4.98 Å². The number of oxazole rings is 1. The van der Waals surface area contributed by atoms with E-state index < -0.39 is 5.60 Å². The molecule has 0 aliphatic rings. The van der Waals surface area contributed by atoms with Gasteiger partial charge in [0.25, 0.3) is 0 Å². The molecule has 0 aliphatic carbocycles. The first-order valence-electron chi connectivity index (χ1n) is 5.90. The maximum atomic E-state index is 9.74. The number of hydrogen-bond acceptors (Lipinski definition) is 5. The molecule has 0 atom stereocenters. The lowest BCUT2D eigenvalue weighted by Crippen LogP contribution is -2.35. The number of anilines is 1. The molecule has 1 aromatic carbocycles. The van der Waals surface area contributed by atoms with E-state index in [4.69, 9.17) is 10.2 Å². The van der Waals surface area contributed by atoms with Crippen molar-refractivity contribution in [1.29, 1.82) is 0 Å². The average Bonchev–Trinajstić information content (AvgIpc) is 2.58. The Balaban J connectivity index is 2.15. The van der Waals surface area contributed by atoms with Crippen molar-refractivity contribution in [3.63, 3.8) is 0 Å². The molecule has 18 heavy (non-hydrogen) atoms. The first-order valence-corrected chi connectivity index (χ1v) is 5.90. The molecule has 0 saturated heterocycles. The number of benzene rings is 1. The largest absolute Gasteiger partial charge is 0.439 e. The van der Waals surface area contributed by atoms with Crippen molar-refractivity contribution in [3.05, 3.63) is 24.1 Å². The second-order valence-corrected chi connectivity index (χ2v) is 5.29. The van der Waals surface area contributed by atoms with Crippen molar-refractivity contribution in [2.45, 2.75) is 26.0 Å². The van der Waals surface area contributed by atoms with Gasteiger partial charge in [-0.15, -0.1) is 0 Å². The van der Waals surface area contributed by atoms with E-state index in [1.807, 2.05) is 24.1 Å². The lowest BCUT2D eigenvalue weighted by molar-refractivity contribution is 0.0404. The van der Waals surface area contributed by atoms with Crippen LogP contribution < -0.4 is 5.73 Å². The molecule has 0 saturated carbocycles. The zero-order valence-corrected chi connectivity index (χ0v) is 11.0. The van der Waals surface area contributed by atoms with E-state index in [9.17, 15) is 5.11 Å². The van der Waals surface area contributed by atoms with Gasteiger partial charge >= 0.3 is 0 Å². The van der Waals surface area contributed by atoms with Crippen molar-refractivity contribution in [2.24, 2.45) is 0 Å². The minimum absolute atomic E-state index is 0.540. The lowest BCUT2D eigenvalue weighted by atomic mass is 10.1. The molecule has 2 rings (SSSR count). The normalized spacial score (nSPS) is 12.5. The molecule has 1 aromatic heterocycles. The second kappa shape index (κ2) is 4.59. The van der Waals surface area contributed by atoms with E-state index in [-0.39, 0.29) is 0 Å². The SMILES string of the molecule is CN(Cc1nc2c(N)cccc2o1)CC(C)(C)O. The number of nitrogens with two attached hydrogens (primary N) is 1. The monoisotopic (exact) mass is 249 g/mol. The Bertz CT molecular complexity index is 543. The van der Waals surface area contributed by atoms with Crippen LogP contribution in [0.2, 0.25) is 0 Å². The standard InChI is InChI=1S/C13H19N3O2/c1-13(2,17)8-16(3)7-11-15-12-9(14)5-4-6-10(12)18-11/h4-6,17H,7-8,14H2,1-3H3. The molecule has 0 aliphatic heterocycles. The second-order valence-electron chi connectivity index (χ2n) is 5.29. The van der Waals surface area contributed by atoms with Crippen LogP contribution in [0.4, 0.5) is 5.69 Å². The Labute approximate surface area is 106 Å². The fourth-order valence-electron chi connectivity index (χ4n) is 2.03. The summed E-state index contributed by atoms with van der Waals surface area (Å²) in [5, 5.41) is 9.74. The molecule has 0 fully saturated rings. The smallest absolute Gasteiger partial charge is 0.209 e. The van der Waals surface area contributed by atoms with Gasteiger partial charge in [0.1, 0.15) is 5.52 Å². The van der Waals surface area contributed by atoms with Crippen molar-refractivity contribution >= 4 is 16.8 Å². The molecule has 0 bridgehead atoms. The number of rotatable bonds is 4. The molecule has 5 heteroatoms. The van der Waals surface area contributed by atoms with Gasteiger partial charge < -0.3 is 15.3 Å². The summed E-state index contributed by atoms with van der Waals surface area (Å²) in [4.78, 5) is 6.33. The Morgan fingerprint density at radius 2 is 2.17 bits per heavy atom. The van der Waals surface area contributed by atoms with Crippen LogP contribution in [0.1, 0.15) is 19.7 Å². The van der Waals surface area contributed by atoms with E-state index in [1.165, 1.54) is 0 Å². The number of hydrogen-bond donors (Lipinski definition) is 2. The molecule has 98 valence electrons. The Morgan fingerprint density at radius 3 is 2.78 bits per heavy atom. The van der Waals surface area contributed by atoms with Gasteiger partial charge in [0, 0.05) is 6.54 Å². The Morgan fingerprint density at radius 1 is 1.44 bits per heavy atom. The van der Waals surface area contributed by atoms with Gasteiger partial charge in [-0.3, -0.25) is 4.90 Å². The van der Waals surface area contributed by atoms with Crippen LogP contribution in [-0.4, -0.2) is 34.2 Å². The molecular formula is C13H19N3O2. The summed E-state index contributed by atoms with van der Waals surface area (Å²) in [6.45, 7) is 4.63. The van der Waals surface area contributed by atoms with E-state index in [2.05, 4.69) is 4.98 Å². The summed E-state index contributed by atoms with van der Waals surface area (Å²) < 4.78 is 5.62. The van der Waals surface area contributed by atoms with Crippen molar-refractivity contribution in [1.82, 2.24) is 9.88 Å². The van der Waals surface area contributed by atoms with E-state index in [1.54, 1.807) is 19.9 Å². The maximum Gasteiger partial charge on any atom is 0.209 e. The van der Waals surface area contributed by atoms with Gasteiger partial charge in [-0.1, -0.05) is 6.07 Å². The number of nitrogen functional groups attached to an aromatic ring is 1. The van der Waals surface area contributed by atoms with Crippen molar-refractivity contribution in [2.75, 3.05) is 19.3 Å². The minimum atomic E-state index is -0.736. The summed E-state index contributed by atoms with van der Waals surface area (Å²) in [5.74, 6) is 0.606. The third-order valence-electron chi connectivity index (χ3n) is 2.56. The average molecular weight is 249 g/mol. The van der Waals surface area contributed by atoms with Gasteiger partial charge in [0.15, 0.2) is 5.58 Å². The third-order valence-corrected chi connectivity index (χ3v) is 2.56. The molecule has 2 aromatic rings. The molecule has 1 heterocycles. The summed E-state index contributed by atoms with van der Waals surface area (Å²) >= 11 is 0. The van der Waals surface area contributed by atoms with Gasteiger partial charge in [-0.05, 0) is 33.0 Å². The van der Waals surface area contributed by atoms with E-state index >= 15 is 0 Å². The van der Waals surface area contributed by atoms with Gasteiger partial charge in [-0.2, -0.15) is 0 Å². The Kier molecular flexibility index (Phi) is 3.28. The number of aromatic nitrogens is 1. The summed E-state index contributed by atoms with van der Waals surface area (Å²) in [5.41, 5.74) is 7.10. The first-order chi connectivity index (χ1) is 8.35. The number of aliphatic hydroxyl groups is 1. The summed E-state index contributed by atoms with van der Waals surface area (Å²) in [6, 6.07) is 5.49. The van der Waals surface area contributed by atoms with Crippen LogP contribution in [0.5, 0.6) is 0 Å². The zero-order chi connectivity index (χ0) is 13.3. The predicted molar refractivity (Wildman–Crippen MR) is 71.1 cm³/mol. The molecule has 0 radical (unpaired) electrons. The highest BCUT2D eigenvalue weighted by Gasteiger charge is 2.17. The lowest BCUT2D eigenvalue weighted by Gasteiger charge is -2.24. The highest BCUT2D eigenvalue weighted by atomic mass is 16.3. The molecule has 0 spiro atoms. The molecule has 5 nitrogen and oxygen atoms in total. The van der Waals surface area contributed by atoms with Crippen molar-refractivity contribution in [3.8, 4) is 0 Å². The Hall–Kier alpha value is -1.59. The van der Waals surface area contributed by atoms with Crippen LogP contribution in [0.15, 0.2) is 22.6 Å². The maximum absolute atomic E-state index is 9.74. The fourth-order valence-corrected chi connectivity index (χ4v) is 2.03. The molecular weight excluding hydrogens is 230 g/mol. The van der Waals surface area contributed by atoms with Crippen LogP contribution in [0.3, 0.4) is 0 Å². The highest BCUT2D eigenvalue weighted by Crippen LogP contribution is 2.21. The van der Waals surface area contributed by atoms with Gasteiger partial charge in [0.2, 0.25) is 5.89 Å². The minimum Gasteiger partial charge on any atom is -0.439 e. The number of nitrogens with zero attached hydrogens (tertiary/aromatic N) is 2. The number of para-hydroxylation sites is 1. The molecule has 0 unspecified atom stereocenters. The first kappa shape index (κ1) is 12.9. The highest BCUT2D eigenvalue weighted by molar-refractivity contribution is 5.85. The van der Waals surface area contributed by atoms with Crippen LogP contribution in [-0.2, 0) is 6.54 Å². The van der Waals surface area contributed by atoms with E-state index in [0.29, 0.717) is 35.8 Å². The van der Waals surface area contributed by atoms with Gasteiger partial charge in [0.05, 0.1) is 17.8 Å². The number of likely N-dealkylation sites (N-methyl/N-ethyl adjacent to an activating group) is 1. The zero-order valence-electron chi connectivity index (χ0n) is 11.0.